The van der Waals surface area contributed by atoms with Crippen molar-refractivity contribution < 1.29 is 4.79 Å². The summed E-state index contributed by atoms with van der Waals surface area (Å²) < 4.78 is 0. The van der Waals surface area contributed by atoms with Gasteiger partial charge in [0.05, 0.1) is 15.1 Å². The summed E-state index contributed by atoms with van der Waals surface area (Å²) in [6.07, 6.45) is 0. The van der Waals surface area contributed by atoms with Crippen molar-refractivity contribution in [3.05, 3.63) is 56.5 Å². The summed E-state index contributed by atoms with van der Waals surface area (Å²) in [6.45, 7) is 0. The Bertz CT molecular complexity index is 947. The smallest absolute Gasteiger partial charge is 0.308 e. The van der Waals surface area contributed by atoms with Gasteiger partial charge in [-0.25, -0.2) is 4.79 Å². The summed E-state index contributed by atoms with van der Waals surface area (Å²) in [5.74, 6) is 0. The van der Waals surface area contributed by atoms with Crippen LogP contribution in [-0.4, -0.2) is 16.2 Å². The van der Waals surface area contributed by atoms with E-state index in [-0.39, 0.29) is 0 Å². The van der Waals surface area contributed by atoms with Crippen LogP contribution < -0.4 is 10.6 Å². The zero-order chi connectivity index (χ0) is 18.0. The molecule has 0 aliphatic carbocycles. The second kappa shape index (κ2) is 7.76. The van der Waals surface area contributed by atoms with Crippen molar-refractivity contribution in [2.75, 3.05) is 10.6 Å². The highest BCUT2D eigenvalue weighted by Gasteiger charge is 2.13. The quantitative estimate of drug-likeness (QED) is 0.497. The van der Waals surface area contributed by atoms with E-state index in [0.29, 0.717) is 41.5 Å². The second-order valence-corrected chi connectivity index (χ2v) is 7.38. The molecule has 0 saturated carbocycles. The van der Waals surface area contributed by atoms with Gasteiger partial charge in [-0.15, -0.1) is 10.2 Å². The van der Waals surface area contributed by atoms with Gasteiger partial charge in [0.15, 0.2) is 5.01 Å². The highest BCUT2D eigenvalue weighted by molar-refractivity contribution is 7.18. The van der Waals surface area contributed by atoms with E-state index >= 15 is 0 Å². The minimum Gasteiger partial charge on any atom is -0.308 e. The normalized spacial score (nSPS) is 10.6. The third-order valence-corrected chi connectivity index (χ3v) is 5.14. The van der Waals surface area contributed by atoms with Crippen molar-refractivity contribution in [1.29, 1.82) is 0 Å². The number of carbonyl (C=O) groups excluding carboxylic acids is 1. The van der Waals surface area contributed by atoms with Crippen LogP contribution in [0.3, 0.4) is 0 Å². The fourth-order valence-corrected chi connectivity index (χ4v) is 3.51. The second-order valence-electron chi connectivity index (χ2n) is 4.74. The predicted octanol–water partition coefficient (Wildman–Crippen LogP) is 6.46. The largest absolute Gasteiger partial charge is 0.325 e. The van der Waals surface area contributed by atoms with Gasteiger partial charge in [-0.1, -0.05) is 57.7 Å². The van der Waals surface area contributed by atoms with Gasteiger partial charge in [0.25, 0.3) is 0 Å². The molecule has 0 aliphatic rings. The van der Waals surface area contributed by atoms with Crippen LogP contribution in [0.1, 0.15) is 0 Å². The Balaban J connectivity index is 1.70. The average molecular weight is 434 g/mol. The topological polar surface area (TPSA) is 66.9 Å². The van der Waals surface area contributed by atoms with E-state index in [9.17, 15) is 4.79 Å². The highest BCUT2D eigenvalue weighted by atomic mass is 35.5. The molecular formula is C15H8Cl4N4OS. The van der Waals surface area contributed by atoms with Crippen LogP contribution in [-0.2, 0) is 0 Å². The summed E-state index contributed by atoms with van der Waals surface area (Å²) >= 11 is 24.9. The molecule has 2 aromatic carbocycles. The van der Waals surface area contributed by atoms with Crippen LogP contribution in [0.15, 0.2) is 36.4 Å². The van der Waals surface area contributed by atoms with Crippen LogP contribution in [0.5, 0.6) is 0 Å². The van der Waals surface area contributed by atoms with Crippen LogP contribution in [0.4, 0.5) is 15.6 Å². The van der Waals surface area contributed by atoms with Crippen molar-refractivity contribution in [2.24, 2.45) is 0 Å². The number of benzene rings is 2. The SMILES string of the molecule is O=C(Nc1ccc(Cl)c(Cl)c1)Nc1nnc(-c2ccc(Cl)cc2Cl)s1. The number of hydrogen-bond donors (Lipinski definition) is 2. The fourth-order valence-electron chi connectivity index (χ4n) is 1.88. The molecule has 128 valence electrons. The highest BCUT2D eigenvalue weighted by Crippen LogP contribution is 2.33. The standard InChI is InChI=1S/C15H8Cl4N4OS/c16-7-1-3-9(11(18)5-7)13-22-23-15(25-13)21-14(24)20-8-2-4-10(17)12(19)6-8/h1-6H,(H2,20,21,23,24). The Morgan fingerprint density at radius 3 is 2.40 bits per heavy atom. The first kappa shape index (κ1) is 18.2. The zero-order valence-corrected chi connectivity index (χ0v) is 16.0. The van der Waals surface area contributed by atoms with Crippen molar-refractivity contribution in [1.82, 2.24) is 10.2 Å². The van der Waals surface area contributed by atoms with Crippen LogP contribution in [0, 0.1) is 0 Å². The molecule has 10 heteroatoms. The van der Waals surface area contributed by atoms with Gasteiger partial charge in [-0.05, 0) is 36.4 Å². The van der Waals surface area contributed by atoms with Crippen LogP contribution in [0.2, 0.25) is 20.1 Å². The number of nitrogens with zero attached hydrogens (tertiary/aromatic N) is 2. The number of urea groups is 1. The first-order chi connectivity index (χ1) is 11.9. The number of hydrogen-bond acceptors (Lipinski definition) is 4. The van der Waals surface area contributed by atoms with Gasteiger partial charge in [0.2, 0.25) is 5.13 Å². The zero-order valence-electron chi connectivity index (χ0n) is 12.2. The molecule has 0 saturated heterocycles. The molecule has 0 aliphatic heterocycles. The molecule has 2 amide bonds. The van der Waals surface area contributed by atoms with E-state index in [1.807, 2.05) is 0 Å². The lowest BCUT2D eigenvalue weighted by Gasteiger charge is -2.06. The van der Waals surface area contributed by atoms with Gasteiger partial charge in [0, 0.05) is 16.3 Å². The summed E-state index contributed by atoms with van der Waals surface area (Å²) in [4.78, 5) is 12.0. The molecule has 0 atom stereocenters. The Labute approximate surface area is 166 Å². The number of amides is 2. The van der Waals surface area contributed by atoms with E-state index in [4.69, 9.17) is 46.4 Å². The fraction of sp³-hybridized carbons (Fsp3) is 0. The third-order valence-electron chi connectivity index (χ3n) is 2.98. The molecule has 0 radical (unpaired) electrons. The molecule has 5 nitrogen and oxygen atoms in total. The number of halogens is 4. The Hall–Kier alpha value is -1.57. The lowest BCUT2D eigenvalue weighted by atomic mass is 10.2. The lowest BCUT2D eigenvalue weighted by Crippen LogP contribution is -2.19. The molecule has 3 rings (SSSR count). The van der Waals surface area contributed by atoms with E-state index in [1.54, 1.807) is 36.4 Å². The average Bonchev–Trinajstić information content (AvgIpc) is 2.99. The monoisotopic (exact) mass is 432 g/mol. The van der Waals surface area contributed by atoms with Gasteiger partial charge >= 0.3 is 6.03 Å². The van der Waals surface area contributed by atoms with Crippen molar-refractivity contribution in [3.63, 3.8) is 0 Å². The predicted molar refractivity (Wildman–Crippen MR) is 104 cm³/mol. The van der Waals surface area contributed by atoms with Crippen molar-refractivity contribution in [2.45, 2.75) is 0 Å². The Morgan fingerprint density at radius 2 is 1.68 bits per heavy atom. The number of nitrogens with one attached hydrogen (secondary N) is 2. The molecule has 0 fully saturated rings. The number of carbonyl (C=O) groups is 1. The number of rotatable bonds is 3. The van der Waals surface area contributed by atoms with E-state index in [2.05, 4.69) is 20.8 Å². The molecular weight excluding hydrogens is 426 g/mol. The first-order valence-corrected chi connectivity index (χ1v) is 9.07. The van der Waals surface area contributed by atoms with E-state index in [1.165, 1.54) is 11.3 Å². The van der Waals surface area contributed by atoms with Gasteiger partial charge in [0.1, 0.15) is 0 Å². The molecule has 1 aromatic heterocycles. The summed E-state index contributed by atoms with van der Waals surface area (Å²) in [7, 11) is 0. The molecule has 0 bridgehead atoms. The summed E-state index contributed by atoms with van der Waals surface area (Å²) in [5, 5.41) is 15.8. The van der Waals surface area contributed by atoms with Gasteiger partial charge < -0.3 is 5.32 Å². The van der Waals surface area contributed by atoms with Crippen LogP contribution in [0.25, 0.3) is 10.6 Å². The number of anilines is 2. The Morgan fingerprint density at radius 1 is 0.880 bits per heavy atom. The maximum atomic E-state index is 12.0. The van der Waals surface area contributed by atoms with Gasteiger partial charge in [-0.2, -0.15) is 0 Å². The Kier molecular flexibility index (Phi) is 5.66. The molecule has 0 unspecified atom stereocenters. The first-order valence-electron chi connectivity index (χ1n) is 6.74. The van der Waals surface area contributed by atoms with Gasteiger partial charge in [-0.3, -0.25) is 5.32 Å². The molecule has 2 N–H and O–H groups in total. The summed E-state index contributed by atoms with van der Waals surface area (Å²) in [5.41, 5.74) is 1.18. The van der Waals surface area contributed by atoms with Crippen LogP contribution >= 0.6 is 57.7 Å². The third kappa shape index (κ3) is 4.54. The maximum absolute atomic E-state index is 12.0. The van der Waals surface area contributed by atoms with E-state index in [0.717, 1.165) is 0 Å². The van der Waals surface area contributed by atoms with E-state index < -0.39 is 6.03 Å². The molecule has 1 heterocycles. The van der Waals surface area contributed by atoms with Crippen molar-refractivity contribution >= 4 is 74.6 Å². The molecule has 25 heavy (non-hydrogen) atoms. The maximum Gasteiger partial charge on any atom is 0.325 e. The minimum atomic E-state index is -0.483. The van der Waals surface area contributed by atoms with Crippen molar-refractivity contribution in [3.8, 4) is 10.6 Å². The number of aromatic nitrogens is 2. The summed E-state index contributed by atoms with van der Waals surface area (Å²) in [6, 6.07) is 9.34. The minimum absolute atomic E-state index is 0.318. The lowest BCUT2D eigenvalue weighted by molar-refractivity contribution is 0.262. The molecule has 3 aromatic rings. The molecule has 0 spiro atoms.